The summed E-state index contributed by atoms with van der Waals surface area (Å²) in [6.07, 6.45) is 0. The van der Waals surface area contributed by atoms with Crippen LogP contribution in [0.1, 0.15) is 5.76 Å². The molecule has 1 aromatic carbocycles. The Kier molecular flexibility index (Phi) is 2.89. The van der Waals surface area contributed by atoms with Gasteiger partial charge in [-0.3, -0.25) is 0 Å². The molecule has 2 aromatic rings. The maximum atomic E-state index is 5.62. The summed E-state index contributed by atoms with van der Waals surface area (Å²) in [5.74, 6) is 1.56. The smallest absolute Gasteiger partial charge is 0.176 e. The highest BCUT2D eigenvalue weighted by molar-refractivity contribution is 5.83. The lowest BCUT2D eigenvalue weighted by atomic mass is 10.2. The van der Waals surface area contributed by atoms with E-state index in [1.165, 1.54) is 0 Å². The summed E-state index contributed by atoms with van der Waals surface area (Å²) in [6, 6.07) is 7.76. The Morgan fingerprint density at radius 2 is 2.20 bits per heavy atom. The van der Waals surface area contributed by atoms with Gasteiger partial charge in [-0.25, -0.2) is 0 Å². The Morgan fingerprint density at radius 3 is 2.93 bits per heavy atom. The lowest BCUT2D eigenvalue weighted by Crippen LogP contribution is -2.09. The molecule has 80 valence electrons. The average molecular weight is 207 g/mol. The number of hydroxylamine groups is 1. The van der Waals surface area contributed by atoms with Crippen molar-refractivity contribution >= 4 is 11.0 Å². The summed E-state index contributed by atoms with van der Waals surface area (Å²) >= 11 is 0. The van der Waals surface area contributed by atoms with Gasteiger partial charge in [0.1, 0.15) is 5.76 Å². The quantitative estimate of drug-likeness (QED) is 0.779. The van der Waals surface area contributed by atoms with Gasteiger partial charge in [0.2, 0.25) is 0 Å². The summed E-state index contributed by atoms with van der Waals surface area (Å²) in [4.78, 5) is 4.76. The first-order valence-electron chi connectivity index (χ1n) is 4.66. The van der Waals surface area contributed by atoms with E-state index >= 15 is 0 Å². The molecule has 0 saturated heterocycles. The predicted octanol–water partition coefficient (Wildman–Crippen LogP) is 2.09. The molecule has 0 bridgehead atoms. The highest BCUT2D eigenvalue weighted by atomic mass is 16.6. The van der Waals surface area contributed by atoms with Crippen LogP contribution >= 0.6 is 0 Å². The average Bonchev–Trinajstić information content (AvgIpc) is 2.68. The van der Waals surface area contributed by atoms with Crippen molar-refractivity contribution in [2.45, 2.75) is 6.54 Å². The molecule has 0 radical (unpaired) electrons. The Hall–Kier alpha value is -1.52. The number of benzene rings is 1. The highest BCUT2D eigenvalue weighted by Crippen LogP contribution is 2.28. The van der Waals surface area contributed by atoms with Crippen LogP contribution in [0.5, 0.6) is 5.75 Å². The number of furan rings is 1. The monoisotopic (exact) mass is 207 g/mol. The maximum Gasteiger partial charge on any atom is 0.176 e. The molecule has 0 aliphatic carbocycles. The van der Waals surface area contributed by atoms with Crippen LogP contribution < -0.4 is 10.2 Å². The van der Waals surface area contributed by atoms with Crippen molar-refractivity contribution in [2.75, 3.05) is 14.2 Å². The first-order chi connectivity index (χ1) is 7.35. The van der Waals surface area contributed by atoms with Crippen LogP contribution in [0.3, 0.4) is 0 Å². The summed E-state index contributed by atoms with van der Waals surface area (Å²) in [7, 11) is 3.20. The third-order valence-electron chi connectivity index (χ3n) is 2.17. The van der Waals surface area contributed by atoms with Crippen molar-refractivity contribution in [2.24, 2.45) is 0 Å². The first kappa shape index (κ1) is 10.0. The topological polar surface area (TPSA) is 43.6 Å². The van der Waals surface area contributed by atoms with E-state index < -0.39 is 0 Å². The van der Waals surface area contributed by atoms with Gasteiger partial charge in [-0.05, 0) is 12.1 Å². The van der Waals surface area contributed by atoms with Gasteiger partial charge >= 0.3 is 0 Å². The van der Waals surface area contributed by atoms with Crippen molar-refractivity contribution in [3.8, 4) is 5.75 Å². The lowest BCUT2D eigenvalue weighted by Gasteiger charge is -1.99. The summed E-state index contributed by atoms with van der Waals surface area (Å²) in [5.41, 5.74) is 3.50. The number of nitrogens with one attached hydrogen (secondary N) is 1. The second-order valence-corrected chi connectivity index (χ2v) is 3.12. The predicted molar refractivity (Wildman–Crippen MR) is 56.6 cm³/mol. The maximum absolute atomic E-state index is 5.62. The minimum Gasteiger partial charge on any atom is -0.493 e. The molecule has 4 nitrogen and oxygen atoms in total. The number of para-hydroxylation sites is 1. The Morgan fingerprint density at radius 1 is 1.33 bits per heavy atom. The molecular formula is C11H13NO3. The van der Waals surface area contributed by atoms with Crippen molar-refractivity contribution < 1.29 is 14.0 Å². The van der Waals surface area contributed by atoms with E-state index in [4.69, 9.17) is 14.0 Å². The van der Waals surface area contributed by atoms with Gasteiger partial charge < -0.3 is 14.0 Å². The van der Waals surface area contributed by atoms with Gasteiger partial charge in [-0.1, -0.05) is 12.1 Å². The molecular weight excluding hydrogens is 194 g/mol. The summed E-state index contributed by atoms with van der Waals surface area (Å²) < 4.78 is 10.8. The number of methoxy groups -OCH3 is 1. The second-order valence-electron chi connectivity index (χ2n) is 3.12. The Labute approximate surface area is 87.7 Å². The molecule has 0 unspecified atom stereocenters. The fourth-order valence-electron chi connectivity index (χ4n) is 1.48. The molecule has 0 aliphatic rings. The minimum absolute atomic E-state index is 0.536. The Bertz CT molecular complexity index is 450. The minimum atomic E-state index is 0.536. The van der Waals surface area contributed by atoms with E-state index in [0.29, 0.717) is 6.54 Å². The number of hydrogen-bond donors (Lipinski definition) is 1. The molecule has 0 aliphatic heterocycles. The van der Waals surface area contributed by atoms with Crippen molar-refractivity contribution in [1.82, 2.24) is 5.48 Å². The Balaban J connectivity index is 2.37. The van der Waals surface area contributed by atoms with Crippen LogP contribution in [-0.4, -0.2) is 14.2 Å². The van der Waals surface area contributed by atoms with Gasteiger partial charge in [0.05, 0.1) is 20.8 Å². The lowest BCUT2D eigenvalue weighted by molar-refractivity contribution is 0.0822. The van der Waals surface area contributed by atoms with Crippen LogP contribution in [0, 0.1) is 0 Å². The zero-order valence-corrected chi connectivity index (χ0v) is 8.74. The van der Waals surface area contributed by atoms with Crippen molar-refractivity contribution in [3.63, 3.8) is 0 Å². The number of rotatable bonds is 4. The van der Waals surface area contributed by atoms with Gasteiger partial charge in [-0.15, -0.1) is 0 Å². The van der Waals surface area contributed by atoms with E-state index in [-0.39, 0.29) is 0 Å². The van der Waals surface area contributed by atoms with Crippen LogP contribution in [0.4, 0.5) is 0 Å². The van der Waals surface area contributed by atoms with Crippen LogP contribution in [0.25, 0.3) is 11.0 Å². The van der Waals surface area contributed by atoms with E-state index in [1.54, 1.807) is 14.2 Å². The molecule has 0 fully saturated rings. The normalized spacial score (nSPS) is 10.8. The van der Waals surface area contributed by atoms with Gasteiger partial charge in [0.25, 0.3) is 0 Å². The van der Waals surface area contributed by atoms with Crippen LogP contribution in [-0.2, 0) is 11.4 Å². The SMILES string of the molecule is CONCc1cc2cccc(OC)c2o1. The molecule has 0 spiro atoms. The molecule has 1 N–H and O–H groups in total. The second kappa shape index (κ2) is 4.33. The largest absolute Gasteiger partial charge is 0.493 e. The molecule has 0 amide bonds. The molecule has 4 heteroatoms. The highest BCUT2D eigenvalue weighted by Gasteiger charge is 2.07. The van der Waals surface area contributed by atoms with E-state index in [1.807, 2.05) is 24.3 Å². The van der Waals surface area contributed by atoms with Gasteiger partial charge in [0.15, 0.2) is 11.3 Å². The molecule has 15 heavy (non-hydrogen) atoms. The molecule has 1 heterocycles. The number of ether oxygens (including phenoxy) is 1. The molecule has 0 atom stereocenters. The molecule has 2 rings (SSSR count). The third-order valence-corrected chi connectivity index (χ3v) is 2.17. The van der Waals surface area contributed by atoms with Gasteiger partial charge in [-0.2, -0.15) is 5.48 Å². The van der Waals surface area contributed by atoms with E-state index in [9.17, 15) is 0 Å². The van der Waals surface area contributed by atoms with Crippen LogP contribution in [0.2, 0.25) is 0 Å². The number of hydrogen-bond acceptors (Lipinski definition) is 4. The molecule has 0 saturated carbocycles. The fraction of sp³-hybridized carbons (Fsp3) is 0.273. The number of fused-ring (bicyclic) bond motifs is 1. The van der Waals surface area contributed by atoms with Crippen molar-refractivity contribution in [3.05, 3.63) is 30.0 Å². The molecule has 1 aromatic heterocycles. The zero-order chi connectivity index (χ0) is 10.7. The van der Waals surface area contributed by atoms with Crippen molar-refractivity contribution in [1.29, 1.82) is 0 Å². The van der Waals surface area contributed by atoms with Crippen LogP contribution in [0.15, 0.2) is 28.7 Å². The van der Waals surface area contributed by atoms with E-state index in [0.717, 1.165) is 22.5 Å². The van der Waals surface area contributed by atoms with Gasteiger partial charge in [0, 0.05) is 5.39 Å². The zero-order valence-electron chi connectivity index (χ0n) is 8.74. The van der Waals surface area contributed by atoms with E-state index in [2.05, 4.69) is 5.48 Å². The third kappa shape index (κ3) is 1.95. The standard InChI is InChI=1S/C11H13NO3/c1-13-10-5-3-4-8-6-9(7-12-14-2)15-11(8)10/h3-6,12H,7H2,1-2H3. The first-order valence-corrected chi connectivity index (χ1v) is 4.66. The fourth-order valence-corrected chi connectivity index (χ4v) is 1.48. The summed E-state index contributed by atoms with van der Waals surface area (Å²) in [5, 5.41) is 1.03. The summed E-state index contributed by atoms with van der Waals surface area (Å²) in [6.45, 7) is 0.536.